The van der Waals surface area contributed by atoms with Gasteiger partial charge in [0.25, 0.3) is 0 Å². The van der Waals surface area contributed by atoms with Crippen molar-refractivity contribution in [3.8, 4) is 0 Å². The summed E-state index contributed by atoms with van der Waals surface area (Å²) in [5.41, 5.74) is 2.70. The third-order valence-electron chi connectivity index (χ3n) is 4.71. The second-order valence-electron chi connectivity index (χ2n) is 9.24. The van der Waals surface area contributed by atoms with E-state index in [1.54, 1.807) is 27.7 Å². The first-order valence-corrected chi connectivity index (χ1v) is 11.3. The first-order valence-electron chi connectivity index (χ1n) is 11.3. The van der Waals surface area contributed by atoms with E-state index in [-0.39, 0.29) is 89.7 Å². The van der Waals surface area contributed by atoms with Crippen LogP contribution in [-0.2, 0) is 24.0 Å². The Morgan fingerprint density at radius 3 is 1.26 bits per heavy atom. The summed E-state index contributed by atoms with van der Waals surface area (Å²) in [6, 6.07) is 0. The van der Waals surface area contributed by atoms with Gasteiger partial charge in [-0.25, -0.2) is 0 Å². The summed E-state index contributed by atoms with van der Waals surface area (Å²) >= 11 is 0. The van der Waals surface area contributed by atoms with Crippen molar-refractivity contribution in [2.45, 2.75) is 65.6 Å². The Labute approximate surface area is 252 Å². The molecule has 3 amide bonds. The summed E-state index contributed by atoms with van der Waals surface area (Å²) in [5, 5.41) is 61.9. The van der Waals surface area contributed by atoms with Crippen LogP contribution in [0.2, 0.25) is 0 Å². The number of nitrogens with two attached hydrogens (primary N) is 1. The van der Waals surface area contributed by atoms with Gasteiger partial charge in [0.05, 0.1) is 13.2 Å². The minimum absolute atomic E-state index is 0. The van der Waals surface area contributed by atoms with Crippen molar-refractivity contribution in [1.29, 1.82) is 0 Å². The van der Waals surface area contributed by atoms with Crippen LogP contribution in [0.25, 0.3) is 0 Å². The zero-order chi connectivity index (χ0) is 29.8. The van der Waals surface area contributed by atoms with Crippen molar-refractivity contribution in [3.63, 3.8) is 0 Å². The zero-order valence-electron chi connectivity index (χ0n) is 22.5. The van der Waals surface area contributed by atoms with Gasteiger partial charge in [0, 0.05) is 35.9 Å². The van der Waals surface area contributed by atoms with Crippen LogP contribution in [0.15, 0.2) is 12.7 Å². The molecule has 0 aromatic heterocycles. The standard InChI is InChI=1S/2C10H19NO5.C3H5NO.Ca/c2*1-10(2,6-12)8(15)9(16)11-5-3-4-7(13)14;1-2-3(4)5;/h2*8,12,15H,3-6H2,1-2H3,(H,11,16)(H,13,14);2H,1H2,(H2,4,5);/q;;;+2/p-2/t2*8-;;/m00../s1. The Kier molecular flexibility index (Phi) is 26.3. The number of hydrogen-bond donors (Lipinski definition) is 7. The monoisotopic (exact) mass is 575 g/mol. The van der Waals surface area contributed by atoms with Crippen LogP contribution in [0.4, 0.5) is 0 Å². The fourth-order valence-electron chi connectivity index (χ4n) is 1.96. The summed E-state index contributed by atoms with van der Waals surface area (Å²) in [6.07, 6.45) is -1.36. The van der Waals surface area contributed by atoms with Crippen molar-refractivity contribution in [2.24, 2.45) is 16.6 Å². The topological polar surface area (TPSA) is 262 Å². The van der Waals surface area contributed by atoms with Gasteiger partial charge in [0.15, 0.2) is 0 Å². The minimum Gasteiger partial charge on any atom is -0.550 e. The summed E-state index contributed by atoms with van der Waals surface area (Å²) in [6.45, 7) is 8.98. The van der Waals surface area contributed by atoms with Crippen LogP contribution in [-0.4, -0.2) is 126 Å². The molecule has 0 aliphatic rings. The smallest absolute Gasteiger partial charge is 0.550 e. The Morgan fingerprint density at radius 1 is 0.816 bits per heavy atom. The van der Waals surface area contributed by atoms with Gasteiger partial charge in [-0.1, -0.05) is 34.3 Å². The number of rotatable bonds is 15. The van der Waals surface area contributed by atoms with E-state index in [1.165, 1.54) is 0 Å². The molecule has 0 saturated heterocycles. The molecule has 2 atom stereocenters. The van der Waals surface area contributed by atoms with Gasteiger partial charge >= 0.3 is 37.7 Å². The molecule has 0 radical (unpaired) electrons. The normalized spacial score (nSPS) is 12.0. The van der Waals surface area contributed by atoms with Crippen LogP contribution < -0.4 is 26.6 Å². The maximum absolute atomic E-state index is 11.4. The Balaban J connectivity index is -0.000000252. The molecule has 0 heterocycles. The summed E-state index contributed by atoms with van der Waals surface area (Å²) in [5.74, 6) is -4.06. The average molecular weight is 576 g/mol. The van der Waals surface area contributed by atoms with Crippen LogP contribution in [0.1, 0.15) is 53.4 Å². The Hall–Kier alpha value is -1.81. The van der Waals surface area contributed by atoms with Crippen LogP contribution in [0, 0.1) is 10.8 Å². The molecule has 8 N–H and O–H groups in total. The fourth-order valence-corrected chi connectivity index (χ4v) is 1.96. The third-order valence-corrected chi connectivity index (χ3v) is 4.71. The van der Waals surface area contributed by atoms with Gasteiger partial charge in [-0.05, 0) is 31.8 Å². The van der Waals surface area contributed by atoms with Crippen molar-refractivity contribution >= 4 is 67.4 Å². The van der Waals surface area contributed by atoms with Crippen molar-refractivity contribution in [2.75, 3.05) is 26.3 Å². The molecule has 216 valence electrons. The summed E-state index contributed by atoms with van der Waals surface area (Å²) in [7, 11) is 0. The molecule has 0 aliphatic carbocycles. The predicted molar refractivity (Wildman–Crippen MR) is 133 cm³/mol. The van der Waals surface area contributed by atoms with Crippen molar-refractivity contribution < 1.29 is 54.6 Å². The zero-order valence-corrected chi connectivity index (χ0v) is 24.7. The molecule has 0 aromatic carbocycles. The van der Waals surface area contributed by atoms with Crippen LogP contribution >= 0.6 is 0 Å². The molecule has 38 heavy (non-hydrogen) atoms. The Morgan fingerprint density at radius 2 is 1.08 bits per heavy atom. The molecule has 0 unspecified atom stereocenters. The van der Waals surface area contributed by atoms with E-state index in [4.69, 9.17) is 10.2 Å². The second kappa shape index (κ2) is 23.1. The number of carboxylic acids is 2. The van der Waals surface area contributed by atoms with Gasteiger partial charge in [-0.15, -0.1) is 0 Å². The molecule has 0 spiro atoms. The largest absolute Gasteiger partial charge is 2.00 e. The SMILES string of the molecule is C=CC(N)=O.CC(C)(CO)[C@@H](O)C(=O)NCCCC(=O)[O-].CC(C)(CO)[C@@H](O)C(=O)NCCCC(=O)[O-].[Ca+2]. The molecule has 0 rings (SSSR count). The first kappa shape index (κ1) is 43.2. The van der Waals surface area contributed by atoms with Crippen molar-refractivity contribution in [3.05, 3.63) is 12.7 Å². The van der Waals surface area contributed by atoms with Gasteiger partial charge in [0.1, 0.15) is 12.2 Å². The fraction of sp³-hybridized carbons (Fsp3) is 0.696. The molecule has 0 bridgehead atoms. The maximum Gasteiger partial charge on any atom is 2.00 e. The molecular formula is C23H41CaN3O11. The molecule has 15 heteroatoms. The summed E-state index contributed by atoms with van der Waals surface area (Å²) in [4.78, 5) is 52.3. The number of aliphatic carboxylic acids is 2. The first-order chi connectivity index (χ1) is 16.9. The van der Waals surface area contributed by atoms with E-state index in [0.717, 1.165) is 6.08 Å². The minimum atomic E-state index is -1.32. The van der Waals surface area contributed by atoms with Crippen molar-refractivity contribution in [1.82, 2.24) is 10.6 Å². The van der Waals surface area contributed by atoms with E-state index in [1.807, 2.05) is 0 Å². The average Bonchev–Trinajstić information content (AvgIpc) is 2.83. The number of carboxylic acid groups (broad SMARTS) is 2. The van der Waals surface area contributed by atoms with Gasteiger partial charge in [0.2, 0.25) is 17.7 Å². The number of aliphatic hydroxyl groups excluding tert-OH is 4. The number of hydrogen-bond acceptors (Lipinski definition) is 11. The van der Waals surface area contributed by atoms with Crippen LogP contribution in [0.5, 0.6) is 0 Å². The molecule has 14 nitrogen and oxygen atoms in total. The number of carbonyl (C=O) groups excluding carboxylic acids is 5. The van der Waals surface area contributed by atoms with Gasteiger partial charge in [-0.3, -0.25) is 14.4 Å². The maximum atomic E-state index is 11.4. The number of carbonyl (C=O) groups is 5. The van der Waals surface area contributed by atoms with E-state index in [0.29, 0.717) is 0 Å². The molecule has 0 fully saturated rings. The van der Waals surface area contributed by atoms with E-state index in [2.05, 4.69) is 22.9 Å². The molecule has 0 aromatic rings. The number of primary amides is 1. The van der Waals surface area contributed by atoms with Crippen LogP contribution in [0.3, 0.4) is 0 Å². The molecular weight excluding hydrogens is 534 g/mol. The predicted octanol–water partition coefficient (Wildman–Crippen LogP) is -4.70. The quantitative estimate of drug-likeness (QED) is 0.0554. The molecule has 0 aliphatic heterocycles. The van der Waals surface area contributed by atoms with E-state index in [9.17, 15) is 44.4 Å². The number of amides is 3. The van der Waals surface area contributed by atoms with E-state index < -0.39 is 52.7 Å². The Bertz CT molecular complexity index is 694. The second-order valence-corrected chi connectivity index (χ2v) is 9.24. The summed E-state index contributed by atoms with van der Waals surface area (Å²) < 4.78 is 0. The van der Waals surface area contributed by atoms with E-state index >= 15 is 0 Å². The molecule has 0 saturated carbocycles. The van der Waals surface area contributed by atoms with Gasteiger partial charge in [-0.2, -0.15) is 0 Å². The number of aliphatic hydroxyl groups is 4. The van der Waals surface area contributed by atoms with Gasteiger partial charge < -0.3 is 56.6 Å². The third kappa shape index (κ3) is 23.3. The number of nitrogens with one attached hydrogen (secondary N) is 2.